The molecule has 5 rings (SSSR count). The number of amides is 2. The molecule has 0 saturated carbocycles. The van der Waals surface area contributed by atoms with Crippen LogP contribution in [0, 0.1) is 5.82 Å². The summed E-state index contributed by atoms with van der Waals surface area (Å²) in [6.45, 7) is 5.92. The molecule has 0 aromatic heterocycles. The first-order chi connectivity index (χ1) is 17.4. The van der Waals surface area contributed by atoms with Gasteiger partial charge in [-0.05, 0) is 87.6 Å². The highest BCUT2D eigenvalue weighted by Gasteiger charge is 2.37. The standard InChI is InChI=1S/C29H33FN4O2/c1-20-11-12-29(33-20,19-26(35)31-13-6-16-34-14-2-3-15-34)18-24-27-23(21-7-4-8-22(30)17-21)9-5-10-25(27)32-28(24)36/h4-5,7-11,17-18,33H,2-3,6,12-16,19H2,1H3,(H,31,35)(H,32,36)/b24-18-. The van der Waals surface area contributed by atoms with Crippen molar-refractivity contribution in [2.45, 2.75) is 44.6 Å². The number of nitrogens with zero attached hydrogens (tertiary/aromatic N) is 1. The molecule has 1 saturated heterocycles. The largest absolute Gasteiger partial charge is 0.379 e. The van der Waals surface area contributed by atoms with Gasteiger partial charge in [0, 0.05) is 29.1 Å². The Bertz CT molecular complexity index is 1230. The molecule has 1 unspecified atom stereocenters. The minimum atomic E-state index is -0.702. The van der Waals surface area contributed by atoms with Gasteiger partial charge in [0.1, 0.15) is 5.82 Å². The molecule has 3 N–H and O–H groups in total. The van der Waals surface area contributed by atoms with Crippen LogP contribution in [0.4, 0.5) is 10.1 Å². The number of hydrogen-bond acceptors (Lipinski definition) is 4. The third kappa shape index (κ3) is 5.21. The normalized spacial score (nSPS) is 22.3. The second-order valence-corrected chi connectivity index (χ2v) is 10.1. The molecule has 3 heterocycles. The van der Waals surface area contributed by atoms with Crippen molar-refractivity contribution in [3.63, 3.8) is 0 Å². The first-order valence-electron chi connectivity index (χ1n) is 12.8. The summed E-state index contributed by atoms with van der Waals surface area (Å²) < 4.78 is 14.0. The van der Waals surface area contributed by atoms with Crippen LogP contribution in [0.2, 0.25) is 0 Å². The van der Waals surface area contributed by atoms with Crippen molar-refractivity contribution in [2.24, 2.45) is 0 Å². The molecule has 0 aliphatic carbocycles. The Kier molecular flexibility index (Phi) is 6.92. The number of carbonyl (C=O) groups excluding carboxylic acids is 2. The lowest BCUT2D eigenvalue weighted by atomic mass is 9.86. The summed E-state index contributed by atoms with van der Waals surface area (Å²) in [4.78, 5) is 28.5. The Hall–Kier alpha value is -3.45. The highest BCUT2D eigenvalue weighted by atomic mass is 19.1. The maximum atomic E-state index is 14.0. The number of halogens is 1. The molecule has 3 aliphatic rings. The molecule has 2 amide bonds. The molecule has 7 heteroatoms. The number of benzene rings is 2. The fourth-order valence-corrected chi connectivity index (χ4v) is 5.54. The molecule has 0 bridgehead atoms. The van der Waals surface area contributed by atoms with Gasteiger partial charge in [0.05, 0.1) is 12.0 Å². The van der Waals surface area contributed by atoms with Crippen LogP contribution in [0.25, 0.3) is 16.7 Å². The third-order valence-corrected chi connectivity index (χ3v) is 7.25. The van der Waals surface area contributed by atoms with Gasteiger partial charge in [-0.3, -0.25) is 9.59 Å². The number of likely N-dealkylation sites (tertiary alicyclic amines) is 1. The Morgan fingerprint density at radius 3 is 2.75 bits per heavy atom. The first-order valence-corrected chi connectivity index (χ1v) is 12.8. The van der Waals surface area contributed by atoms with E-state index in [-0.39, 0.29) is 24.1 Å². The molecular weight excluding hydrogens is 455 g/mol. The van der Waals surface area contributed by atoms with Crippen molar-refractivity contribution in [2.75, 3.05) is 31.5 Å². The van der Waals surface area contributed by atoms with Gasteiger partial charge >= 0.3 is 0 Å². The van der Waals surface area contributed by atoms with E-state index in [2.05, 4.69) is 26.9 Å². The van der Waals surface area contributed by atoms with Gasteiger partial charge in [0.15, 0.2) is 0 Å². The predicted molar refractivity (Wildman–Crippen MR) is 141 cm³/mol. The van der Waals surface area contributed by atoms with Crippen LogP contribution in [-0.4, -0.2) is 48.4 Å². The van der Waals surface area contributed by atoms with Crippen molar-refractivity contribution in [1.82, 2.24) is 15.5 Å². The van der Waals surface area contributed by atoms with E-state index >= 15 is 0 Å². The lowest BCUT2D eigenvalue weighted by Crippen LogP contribution is -2.44. The Labute approximate surface area is 211 Å². The van der Waals surface area contributed by atoms with E-state index in [0.29, 0.717) is 29.8 Å². The van der Waals surface area contributed by atoms with Crippen LogP contribution >= 0.6 is 0 Å². The van der Waals surface area contributed by atoms with E-state index in [9.17, 15) is 14.0 Å². The number of fused-ring (bicyclic) bond motifs is 1. The van der Waals surface area contributed by atoms with Crippen LogP contribution in [-0.2, 0) is 9.59 Å². The maximum Gasteiger partial charge on any atom is 0.256 e. The summed E-state index contributed by atoms with van der Waals surface area (Å²) in [5.74, 6) is -0.588. The molecule has 2 aromatic carbocycles. The van der Waals surface area contributed by atoms with E-state index in [1.54, 1.807) is 6.07 Å². The summed E-state index contributed by atoms with van der Waals surface area (Å²) in [7, 11) is 0. The van der Waals surface area contributed by atoms with Gasteiger partial charge in [0.2, 0.25) is 5.91 Å². The van der Waals surface area contributed by atoms with Crippen molar-refractivity contribution in [3.05, 3.63) is 71.7 Å². The second kappa shape index (κ2) is 10.3. The van der Waals surface area contributed by atoms with E-state index < -0.39 is 5.54 Å². The minimum Gasteiger partial charge on any atom is -0.379 e. The average molecular weight is 489 g/mol. The summed E-state index contributed by atoms with van der Waals surface area (Å²) in [6.07, 6.45) is 8.24. The molecule has 188 valence electrons. The molecule has 3 aliphatic heterocycles. The number of allylic oxidation sites excluding steroid dienone is 1. The molecule has 1 fully saturated rings. The van der Waals surface area contributed by atoms with Crippen LogP contribution in [0.3, 0.4) is 0 Å². The summed E-state index contributed by atoms with van der Waals surface area (Å²) in [5.41, 5.74) is 3.69. The zero-order chi connectivity index (χ0) is 25.1. The Balaban J connectivity index is 1.38. The van der Waals surface area contributed by atoms with Crippen LogP contribution in [0.5, 0.6) is 0 Å². The van der Waals surface area contributed by atoms with E-state index in [1.807, 2.05) is 37.3 Å². The first kappa shape index (κ1) is 24.3. The molecule has 36 heavy (non-hydrogen) atoms. The molecule has 0 radical (unpaired) electrons. The minimum absolute atomic E-state index is 0.0408. The predicted octanol–water partition coefficient (Wildman–Crippen LogP) is 4.46. The van der Waals surface area contributed by atoms with Gasteiger partial charge in [-0.2, -0.15) is 0 Å². The van der Waals surface area contributed by atoms with Gasteiger partial charge < -0.3 is 20.9 Å². The SMILES string of the molecule is CC1=CCC(/C=C2\C(=O)Nc3cccc(-c4cccc(F)c4)c32)(CC(=O)NCCCN2CCCC2)N1. The van der Waals surface area contributed by atoms with Crippen LogP contribution in [0.1, 0.15) is 44.6 Å². The third-order valence-electron chi connectivity index (χ3n) is 7.25. The molecule has 2 aromatic rings. The zero-order valence-electron chi connectivity index (χ0n) is 20.7. The van der Waals surface area contributed by atoms with Crippen LogP contribution < -0.4 is 16.0 Å². The lowest BCUT2D eigenvalue weighted by molar-refractivity contribution is -0.122. The molecule has 6 nitrogen and oxygen atoms in total. The lowest BCUT2D eigenvalue weighted by Gasteiger charge is -2.28. The zero-order valence-corrected chi connectivity index (χ0v) is 20.7. The number of nitrogens with one attached hydrogen (secondary N) is 3. The molecule has 0 spiro atoms. The number of rotatable bonds is 8. The number of carbonyl (C=O) groups is 2. The summed E-state index contributed by atoms with van der Waals surface area (Å²) in [6, 6.07) is 12.0. The van der Waals surface area contributed by atoms with Crippen molar-refractivity contribution < 1.29 is 14.0 Å². The molecule has 1 atom stereocenters. The van der Waals surface area contributed by atoms with E-state index in [0.717, 1.165) is 42.9 Å². The highest BCUT2D eigenvalue weighted by molar-refractivity contribution is 6.33. The summed E-state index contributed by atoms with van der Waals surface area (Å²) >= 11 is 0. The van der Waals surface area contributed by atoms with Gasteiger partial charge in [0.25, 0.3) is 5.91 Å². The smallest absolute Gasteiger partial charge is 0.256 e. The van der Waals surface area contributed by atoms with Crippen molar-refractivity contribution in [3.8, 4) is 11.1 Å². The van der Waals surface area contributed by atoms with Gasteiger partial charge in [-0.25, -0.2) is 4.39 Å². The highest BCUT2D eigenvalue weighted by Crippen LogP contribution is 2.42. The van der Waals surface area contributed by atoms with Crippen molar-refractivity contribution in [1.29, 1.82) is 0 Å². The van der Waals surface area contributed by atoms with Crippen LogP contribution in [0.15, 0.2) is 60.3 Å². The Morgan fingerprint density at radius 2 is 2.00 bits per heavy atom. The van der Waals surface area contributed by atoms with E-state index in [1.165, 1.54) is 25.0 Å². The Morgan fingerprint density at radius 1 is 1.19 bits per heavy atom. The number of anilines is 1. The summed E-state index contributed by atoms with van der Waals surface area (Å²) in [5, 5.41) is 9.47. The monoisotopic (exact) mass is 488 g/mol. The quantitative estimate of drug-likeness (QED) is 0.379. The number of hydrogen-bond donors (Lipinski definition) is 3. The molecular formula is C29H33FN4O2. The van der Waals surface area contributed by atoms with Gasteiger partial charge in [-0.15, -0.1) is 0 Å². The average Bonchev–Trinajstić information content (AvgIpc) is 3.57. The fraction of sp³-hybridized carbons (Fsp3) is 0.379. The van der Waals surface area contributed by atoms with E-state index in [4.69, 9.17) is 0 Å². The van der Waals surface area contributed by atoms with Gasteiger partial charge in [-0.1, -0.05) is 30.3 Å². The second-order valence-electron chi connectivity index (χ2n) is 10.1. The topological polar surface area (TPSA) is 73.5 Å². The fourth-order valence-electron chi connectivity index (χ4n) is 5.54. The van der Waals surface area contributed by atoms with Crippen molar-refractivity contribution >= 4 is 23.1 Å². The maximum absolute atomic E-state index is 14.0.